The molecule has 0 radical (unpaired) electrons. The molecule has 0 spiro atoms. The number of rotatable bonds is 6. The van der Waals surface area contributed by atoms with Gasteiger partial charge in [-0.05, 0) is 29.1 Å². The van der Waals surface area contributed by atoms with Crippen molar-refractivity contribution in [1.29, 1.82) is 0 Å². The largest absolute Gasteiger partial charge is 0.350 e. The summed E-state index contributed by atoms with van der Waals surface area (Å²) in [7, 11) is -3.51. The Bertz CT molecular complexity index is 712. The molecule has 7 heteroatoms. The molecule has 2 aromatic rings. The first-order valence-corrected chi connectivity index (χ1v) is 9.26. The van der Waals surface area contributed by atoms with Gasteiger partial charge >= 0.3 is 0 Å². The molecule has 0 saturated carbocycles. The van der Waals surface area contributed by atoms with E-state index in [1.165, 1.54) is 11.3 Å². The Labute approximate surface area is 132 Å². The van der Waals surface area contributed by atoms with Crippen LogP contribution in [0.5, 0.6) is 0 Å². The van der Waals surface area contributed by atoms with Crippen molar-refractivity contribution in [3.63, 3.8) is 0 Å². The Morgan fingerprint density at radius 2 is 2.05 bits per heavy atom. The van der Waals surface area contributed by atoms with Gasteiger partial charge in [0, 0.05) is 9.90 Å². The lowest BCUT2D eigenvalue weighted by atomic mass is 10.2. The summed E-state index contributed by atoms with van der Waals surface area (Å²) in [6.07, 6.45) is 0. The minimum Gasteiger partial charge on any atom is -0.350 e. The van der Waals surface area contributed by atoms with Gasteiger partial charge in [-0.25, -0.2) is 8.42 Å². The van der Waals surface area contributed by atoms with Gasteiger partial charge in [-0.3, -0.25) is 4.79 Å². The van der Waals surface area contributed by atoms with Crippen molar-refractivity contribution in [2.24, 2.45) is 0 Å². The van der Waals surface area contributed by atoms with Gasteiger partial charge in [-0.2, -0.15) is 0 Å². The maximum atomic E-state index is 12.0. The molecule has 0 aliphatic rings. The van der Waals surface area contributed by atoms with Crippen LogP contribution in [0.1, 0.15) is 10.4 Å². The Kier molecular flexibility index (Phi) is 5.39. The first-order valence-electron chi connectivity index (χ1n) is 6.18. The van der Waals surface area contributed by atoms with Gasteiger partial charge < -0.3 is 5.32 Å². The highest BCUT2D eigenvalue weighted by Gasteiger charge is 2.17. The minimum atomic E-state index is -3.51. The summed E-state index contributed by atoms with van der Waals surface area (Å²) in [5.41, 5.74) is 0.577. The first kappa shape index (κ1) is 16.0. The van der Waals surface area contributed by atoms with E-state index in [2.05, 4.69) is 5.32 Å². The number of carbonyl (C=O) groups is 1. The summed E-state index contributed by atoms with van der Waals surface area (Å²) in [4.78, 5) is 12.7. The molecule has 1 aromatic carbocycles. The van der Waals surface area contributed by atoms with Crippen LogP contribution in [0, 0.1) is 0 Å². The number of nitrogens with one attached hydrogen (secondary N) is 1. The van der Waals surface area contributed by atoms with Crippen LogP contribution >= 0.6 is 22.9 Å². The maximum absolute atomic E-state index is 12.0. The molecule has 1 heterocycles. The lowest BCUT2D eigenvalue weighted by Crippen LogP contribution is -2.30. The van der Waals surface area contributed by atoms with Gasteiger partial charge in [0.1, 0.15) is 5.75 Å². The van der Waals surface area contributed by atoms with Gasteiger partial charge in [0.05, 0.1) is 12.3 Å². The van der Waals surface area contributed by atoms with Crippen molar-refractivity contribution in [3.8, 4) is 0 Å². The summed E-state index contributed by atoms with van der Waals surface area (Å²) in [6, 6.07) is 10.4. The number of carbonyl (C=O) groups excluding carboxylic acids is 1. The molecule has 1 amide bonds. The predicted octanol–water partition coefficient (Wildman–Crippen LogP) is 2.63. The minimum absolute atomic E-state index is 0.194. The second-order valence-corrected chi connectivity index (χ2v) is 8.05. The summed E-state index contributed by atoms with van der Waals surface area (Å²) >= 11 is 7.32. The highest BCUT2D eigenvalue weighted by molar-refractivity contribution is 7.91. The molecule has 0 saturated heterocycles. The Hall–Kier alpha value is -1.37. The molecular weight excluding hydrogens is 330 g/mol. The van der Waals surface area contributed by atoms with Gasteiger partial charge in [0.2, 0.25) is 5.91 Å². The van der Waals surface area contributed by atoms with Gasteiger partial charge in [-0.1, -0.05) is 29.8 Å². The van der Waals surface area contributed by atoms with E-state index in [4.69, 9.17) is 11.6 Å². The zero-order valence-electron chi connectivity index (χ0n) is 11.1. The molecule has 0 atom stereocenters. The van der Waals surface area contributed by atoms with Crippen molar-refractivity contribution in [1.82, 2.24) is 5.32 Å². The molecule has 0 aliphatic heterocycles. The molecule has 112 valence electrons. The topological polar surface area (TPSA) is 63.2 Å². The van der Waals surface area contributed by atoms with Gasteiger partial charge in [0.15, 0.2) is 9.84 Å². The molecule has 0 unspecified atom stereocenters. The number of amides is 1. The van der Waals surface area contributed by atoms with Crippen LogP contribution in [0.4, 0.5) is 0 Å². The predicted molar refractivity (Wildman–Crippen MR) is 85.1 cm³/mol. The SMILES string of the molecule is O=C(CS(=O)(=O)Cc1cccc(Cl)c1)NCc1cccs1. The van der Waals surface area contributed by atoms with Crippen LogP contribution < -0.4 is 5.32 Å². The number of benzene rings is 1. The molecule has 0 bridgehead atoms. The highest BCUT2D eigenvalue weighted by atomic mass is 35.5. The van der Waals surface area contributed by atoms with E-state index in [-0.39, 0.29) is 5.75 Å². The number of halogens is 1. The average molecular weight is 344 g/mol. The van der Waals surface area contributed by atoms with E-state index >= 15 is 0 Å². The van der Waals surface area contributed by atoms with Crippen LogP contribution in [0.3, 0.4) is 0 Å². The number of hydrogen-bond acceptors (Lipinski definition) is 4. The standard InChI is InChI=1S/C14H14ClNO3S2/c15-12-4-1-3-11(7-12)9-21(18,19)10-14(17)16-8-13-5-2-6-20-13/h1-7H,8-10H2,(H,16,17). The van der Waals surface area contributed by atoms with Crippen molar-refractivity contribution in [2.75, 3.05) is 5.75 Å². The van der Waals surface area contributed by atoms with Crippen LogP contribution in [0.2, 0.25) is 5.02 Å². The van der Waals surface area contributed by atoms with E-state index in [0.717, 1.165) is 4.88 Å². The Morgan fingerprint density at radius 1 is 1.24 bits per heavy atom. The highest BCUT2D eigenvalue weighted by Crippen LogP contribution is 2.13. The van der Waals surface area contributed by atoms with E-state index < -0.39 is 21.5 Å². The third-order valence-electron chi connectivity index (χ3n) is 2.67. The summed E-state index contributed by atoms with van der Waals surface area (Å²) < 4.78 is 24.0. The fourth-order valence-electron chi connectivity index (χ4n) is 1.78. The van der Waals surface area contributed by atoms with Crippen LogP contribution in [-0.4, -0.2) is 20.1 Å². The molecule has 1 N–H and O–H groups in total. The summed E-state index contributed by atoms with van der Waals surface area (Å²) in [5.74, 6) is -1.21. The maximum Gasteiger partial charge on any atom is 0.235 e. The van der Waals surface area contributed by atoms with E-state index in [9.17, 15) is 13.2 Å². The lowest BCUT2D eigenvalue weighted by molar-refractivity contribution is -0.118. The molecule has 4 nitrogen and oxygen atoms in total. The fraction of sp³-hybridized carbons (Fsp3) is 0.214. The third kappa shape index (κ3) is 5.49. The molecule has 0 fully saturated rings. The summed E-state index contributed by atoms with van der Waals surface area (Å²) in [6.45, 7) is 0.350. The number of thiophene rings is 1. The molecular formula is C14H14ClNO3S2. The lowest BCUT2D eigenvalue weighted by Gasteiger charge is -2.06. The van der Waals surface area contributed by atoms with E-state index in [0.29, 0.717) is 17.1 Å². The molecule has 0 aliphatic carbocycles. The Balaban J connectivity index is 1.89. The normalized spacial score (nSPS) is 11.3. The van der Waals surface area contributed by atoms with Crippen molar-refractivity contribution < 1.29 is 13.2 Å². The van der Waals surface area contributed by atoms with Crippen molar-refractivity contribution >= 4 is 38.7 Å². The average Bonchev–Trinajstić information content (AvgIpc) is 2.88. The fourth-order valence-corrected chi connectivity index (χ4v) is 3.93. The van der Waals surface area contributed by atoms with E-state index in [1.54, 1.807) is 24.3 Å². The molecule has 2 rings (SSSR count). The zero-order chi connectivity index (χ0) is 15.3. The second-order valence-electron chi connectivity index (χ2n) is 4.52. The number of sulfone groups is 1. The van der Waals surface area contributed by atoms with Crippen LogP contribution in [0.15, 0.2) is 41.8 Å². The molecule has 1 aromatic heterocycles. The Morgan fingerprint density at radius 3 is 2.71 bits per heavy atom. The second kappa shape index (κ2) is 7.06. The quantitative estimate of drug-likeness (QED) is 0.877. The summed E-state index contributed by atoms with van der Waals surface area (Å²) in [5, 5.41) is 4.98. The molecule has 21 heavy (non-hydrogen) atoms. The van der Waals surface area contributed by atoms with Gasteiger partial charge in [0.25, 0.3) is 0 Å². The van der Waals surface area contributed by atoms with Gasteiger partial charge in [-0.15, -0.1) is 11.3 Å². The van der Waals surface area contributed by atoms with Crippen LogP contribution in [0.25, 0.3) is 0 Å². The first-order chi connectivity index (χ1) is 9.94. The van der Waals surface area contributed by atoms with E-state index in [1.807, 2.05) is 17.5 Å². The zero-order valence-corrected chi connectivity index (χ0v) is 13.5. The van der Waals surface area contributed by atoms with Crippen molar-refractivity contribution in [2.45, 2.75) is 12.3 Å². The van der Waals surface area contributed by atoms with Crippen LogP contribution in [-0.2, 0) is 26.9 Å². The smallest absolute Gasteiger partial charge is 0.235 e. The monoisotopic (exact) mass is 343 g/mol. The number of hydrogen-bond donors (Lipinski definition) is 1. The van der Waals surface area contributed by atoms with Crippen molar-refractivity contribution in [3.05, 3.63) is 57.2 Å². The third-order valence-corrected chi connectivity index (χ3v) is 5.25.